The smallest absolute Gasteiger partial charge is 0.231 e. The topological polar surface area (TPSA) is 92.4 Å². The van der Waals surface area contributed by atoms with Crippen LogP contribution in [0.25, 0.3) is 11.1 Å². The molecule has 3 N–H and O–H groups in total. The van der Waals surface area contributed by atoms with Crippen LogP contribution in [0.3, 0.4) is 0 Å². The number of anilines is 1. The zero-order valence-corrected chi connectivity index (χ0v) is 17.5. The minimum Gasteiger partial charge on any atom is -0.382 e. The summed E-state index contributed by atoms with van der Waals surface area (Å²) in [6, 6.07) is 16.5. The van der Waals surface area contributed by atoms with E-state index in [9.17, 15) is 4.39 Å². The van der Waals surface area contributed by atoms with Gasteiger partial charge in [-0.1, -0.05) is 47.6 Å². The first kappa shape index (κ1) is 22.5. The summed E-state index contributed by atoms with van der Waals surface area (Å²) in [6.07, 6.45) is 1.23. The van der Waals surface area contributed by atoms with E-state index in [1.807, 2.05) is 42.5 Å². The number of hydrogen-bond donors (Lipinski definition) is 3. The van der Waals surface area contributed by atoms with E-state index in [2.05, 4.69) is 15.8 Å². The van der Waals surface area contributed by atoms with E-state index in [0.29, 0.717) is 50.7 Å². The maximum atomic E-state index is 14.5. The monoisotopic (exact) mass is 426 g/mol. The molecule has 0 aliphatic carbocycles. The standard InChI is InChI=1S/C23H27FN4O3/c1-29-13-14-30-12-11-26-23(25)27-22-16-19(28-31-22)9-7-17-8-10-20(21(24)15-17)18-5-3-2-4-6-18/h2-6,8,10,15-16H,7,9,11-14H2,1H3,(H3,25,26,27). The fourth-order valence-electron chi connectivity index (χ4n) is 2.99. The number of nitrogens with zero attached hydrogens (tertiary/aromatic N) is 1. The molecule has 3 aromatic rings. The molecule has 0 spiro atoms. The summed E-state index contributed by atoms with van der Waals surface area (Å²) in [4.78, 5) is 0. The minimum absolute atomic E-state index is 0.0941. The van der Waals surface area contributed by atoms with Gasteiger partial charge in [-0.05, 0) is 30.0 Å². The van der Waals surface area contributed by atoms with Crippen molar-refractivity contribution in [2.24, 2.45) is 0 Å². The SMILES string of the molecule is COCCOCCNC(=N)Nc1cc(CCc2ccc(-c3ccccc3)c(F)c2)no1. The Kier molecular flexibility index (Phi) is 8.57. The highest BCUT2D eigenvalue weighted by Gasteiger charge is 2.09. The molecule has 7 nitrogen and oxygen atoms in total. The van der Waals surface area contributed by atoms with Crippen molar-refractivity contribution in [3.05, 3.63) is 71.7 Å². The summed E-state index contributed by atoms with van der Waals surface area (Å²) in [5, 5.41) is 17.6. The van der Waals surface area contributed by atoms with Crippen LogP contribution in [0.4, 0.5) is 10.3 Å². The zero-order valence-electron chi connectivity index (χ0n) is 17.5. The van der Waals surface area contributed by atoms with Gasteiger partial charge in [0.2, 0.25) is 5.88 Å². The summed E-state index contributed by atoms with van der Waals surface area (Å²) in [6.45, 7) is 2.01. The molecule has 0 atom stereocenters. The number of guanidine groups is 1. The molecule has 0 saturated carbocycles. The second-order valence-corrected chi connectivity index (χ2v) is 6.89. The molecule has 0 bridgehead atoms. The van der Waals surface area contributed by atoms with Crippen molar-refractivity contribution >= 4 is 11.8 Å². The number of aromatic nitrogens is 1. The molecule has 0 aliphatic heterocycles. The molecule has 1 aromatic heterocycles. The number of nitrogens with one attached hydrogen (secondary N) is 3. The lowest BCUT2D eigenvalue weighted by Crippen LogP contribution is -2.32. The number of aryl methyl sites for hydroxylation is 2. The van der Waals surface area contributed by atoms with Gasteiger partial charge in [0, 0.05) is 25.3 Å². The third-order valence-corrected chi connectivity index (χ3v) is 4.58. The fraction of sp³-hybridized carbons (Fsp3) is 0.304. The average Bonchev–Trinajstić information content (AvgIpc) is 3.22. The highest BCUT2D eigenvalue weighted by Crippen LogP contribution is 2.24. The number of hydrogen-bond acceptors (Lipinski definition) is 5. The van der Waals surface area contributed by atoms with Crippen molar-refractivity contribution in [2.45, 2.75) is 12.8 Å². The molecule has 0 aliphatic rings. The number of rotatable bonds is 11. The van der Waals surface area contributed by atoms with Crippen molar-refractivity contribution in [1.82, 2.24) is 10.5 Å². The number of halogens is 1. The molecule has 0 saturated heterocycles. The largest absolute Gasteiger partial charge is 0.382 e. The van der Waals surface area contributed by atoms with Crippen LogP contribution >= 0.6 is 0 Å². The van der Waals surface area contributed by atoms with Crippen LogP contribution in [0.5, 0.6) is 0 Å². The Bertz CT molecular complexity index is 962. The first-order valence-corrected chi connectivity index (χ1v) is 10.1. The predicted molar refractivity (Wildman–Crippen MR) is 118 cm³/mol. The van der Waals surface area contributed by atoms with Crippen molar-refractivity contribution in [1.29, 1.82) is 5.41 Å². The molecule has 2 aromatic carbocycles. The first-order chi connectivity index (χ1) is 15.2. The molecule has 164 valence electrons. The van der Waals surface area contributed by atoms with Gasteiger partial charge in [-0.25, -0.2) is 4.39 Å². The van der Waals surface area contributed by atoms with Crippen LogP contribution in [-0.2, 0) is 22.3 Å². The summed E-state index contributed by atoms with van der Waals surface area (Å²) in [5.41, 5.74) is 3.06. The summed E-state index contributed by atoms with van der Waals surface area (Å²) >= 11 is 0. The fourth-order valence-corrected chi connectivity index (χ4v) is 2.99. The van der Waals surface area contributed by atoms with Crippen LogP contribution in [0.2, 0.25) is 0 Å². The Labute approximate surface area is 181 Å². The highest BCUT2D eigenvalue weighted by atomic mass is 19.1. The minimum atomic E-state index is -0.239. The van der Waals surface area contributed by atoms with Crippen LogP contribution in [0.15, 0.2) is 59.1 Å². The van der Waals surface area contributed by atoms with Gasteiger partial charge in [0.25, 0.3) is 0 Å². The van der Waals surface area contributed by atoms with E-state index < -0.39 is 0 Å². The Hall–Kier alpha value is -3.23. The second-order valence-electron chi connectivity index (χ2n) is 6.89. The Morgan fingerprint density at radius 2 is 1.90 bits per heavy atom. The van der Waals surface area contributed by atoms with Gasteiger partial charge < -0.3 is 19.3 Å². The van der Waals surface area contributed by atoms with Crippen LogP contribution < -0.4 is 10.6 Å². The third-order valence-electron chi connectivity index (χ3n) is 4.58. The van der Waals surface area contributed by atoms with Crippen molar-refractivity contribution in [3.8, 4) is 11.1 Å². The van der Waals surface area contributed by atoms with Crippen LogP contribution in [0, 0.1) is 11.2 Å². The lowest BCUT2D eigenvalue weighted by molar-refractivity contribution is 0.0734. The molecule has 3 rings (SSSR count). The van der Waals surface area contributed by atoms with Gasteiger partial charge in [0.15, 0.2) is 5.96 Å². The van der Waals surface area contributed by atoms with E-state index in [4.69, 9.17) is 19.4 Å². The number of methoxy groups -OCH3 is 1. The number of benzene rings is 2. The van der Waals surface area contributed by atoms with E-state index in [-0.39, 0.29) is 11.8 Å². The normalized spacial score (nSPS) is 10.8. The lowest BCUT2D eigenvalue weighted by Gasteiger charge is -2.08. The molecule has 0 unspecified atom stereocenters. The quantitative estimate of drug-likeness (QED) is 0.245. The molecule has 0 radical (unpaired) electrons. The molecule has 31 heavy (non-hydrogen) atoms. The zero-order chi connectivity index (χ0) is 21.9. The van der Waals surface area contributed by atoms with Gasteiger partial charge in [0.05, 0.1) is 25.5 Å². The van der Waals surface area contributed by atoms with Gasteiger partial charge >= 0.3 is 0 Å². The van der Waals surface area contributed by atoms with Crippen LogP contribution in [0.1, 0.15) is 11.3 Å². The highest BCUT2D eigenvalue weighted by molar-refractivity contribution is 5.89. The maximum absolute atomic E-state index is 14.5. The summed E-state index contributed by atoms with van der Waals surface area (Å²) < 4.78 is 29.9. The molecule has 0 amide bonds. The van der Waals surface area contributed by atoms with E-state index in [1.54, 1.807) is 19.2 Å². The van der Waals surface area contributed by atoms with Crippen LogP contribution in [-0.4, -0.2) is 44.6 Å². The Morgan fingerprint density at radius 3 is 2.68 bits per heavy atom. The van der Waals surface area contributed by atoms with Gasteiger partial charge in [0.1, 0.15) is 5.82 Å². The molecular formula is C23H27FN4O3. The molecule has 1 heterocycles. The number of ether oxygens (including phenoxy) is 2. The van der Waals surface area contributed by atoms with E-state index in [0.717, 1.165) is 16.8 Å². The van der Waals surface area contributed by atoms with Gasteiger partial charge in [-0.3, -0.25) is 10.7 Å². The lowest BCUT2D eigenvalue weighted by atomic mass is 10.0. The van der Waals surface area contributed by atoms with Crippen molar-refractivity contribution in [2.75, 3.05) is 38.8 Å². The average molecular weight is 426 g/mol. The maximum Gasteiger partial charge on any atom is 0.231 e. The Morgan fingerprint density at radius 1 is 1.06 bits per heavy atom. The predicted octanol–water partition coefficient (Wildman–Crippen LogP) is 3.87. The van der Waals surface area contributed by atoms with E-state index in [1.165, 1.54) is 0 Å². The Balaban J connectivity index is 1.44. The van der Waals surface area contributed by atoms with Crippen molar-refractivity contribution in [3.63, 3.8) is 0 Å². The second kappa shape index (κ2) is 11.8. The van der Waals surface area contributed by atoms with Gasteiger partial charge in [-0.15, -0.1) is 0 Å². The summed E-state index contributed by atoms with van der Waals surface area (Å²) in [5.74, 6) is 0.229. The molecule has 0 fully saturated rings. The molecule has 8 heteroatoms. The third kappa shape index (κ3) is 7.20. The van der Waals surface area contributed by atoms with Gasteiger partial charge in [-0.2, -0.15) is 0 Å². The summed E-state index contributed by atoms with van der Waals surface area (Å²) in [7, 11) is 1.62. The first-order valence-electron chi connectivity index (χ1n) is 10.1. The molecular weight excluding hydrogens is 399 g/mol. The van der Waals surface area contributed by atoms with E-state index >= 15 is 0 Å². The van der Waals surface area contributed by atoms with Crippen molar-refractivity contribution < 1.29 is 18.4 Å².